The van der Waals surface area contributed by atoms with Crippen molar-refractivity contribution in [3.8, 4) is 11.5 Å². The van der Waals surface area contributed by atoms with Crippen LogP contribution in [0.2, 0.25) is 0 Å². The van der Waals surface area contributed by atoms with Crippen molar-refractivity contribution < 1.29 is 19.1 Å². The van der Waals surface area contributed by atoms with Gasteiger partial charge in [-0.2, -0.15) is 0 Å². The molecule has 0 fully saturated rings. The summed E-state index contributed by atoms with van der Waals surface area (Å²) in [7, 11) is 0. The maximum absolute atomic E-state index is 12.4. The molecule has 2 aromatic rings. The number of anilines is 2. The Bertz CT molecular complexity index is 756. The van der Waals surface area contributed by atoms with E-state index in [1.807, 2.05) is 6.92 Å². The average molecular weight is 326 g/mol. The van der Waals surface area contributed by atoms with Gasteiger partial charge in [-0.05, 0) is 49.4 Å². The Morgan fingerprint density at radius 2 is 2.04 bits per heavy atom. The van der Waals surface area contributed by atoms with Crippen molar-refractivity contribution >= 4 is 23.2 Å². The molecule has 0 bridgehead atoms. The normalized spacial score (nSPS) is 13.1. The third kappa shape index (κ3) is 3.65. The van der Waals surface area contributed by atoms with E-state index in [-0.39, 0.29) is 11.8 Å². The summed E-state index contributed by atoms with van der Waals surface area (Å²) in [6, 6.07) is 12.1. The molecule has 0 atom stereocenters. The first-order valence-corrected chi connectivity index (χ1v) is 7.76. The van der Waals surface area contributed by atoms with E-state index in [9.17, 15) is 9.59 Å². The highest BCUT2D eigenvalue weighted by Crippen LogP contribution is 2.28. The summed E-state index contributed by atoms with van der Waals surface area (Å²) >= 11 is 0. The molecule has 124 valence electrons. The highest BCUT2D eigenvalue weighted by molar-refractivity contribution is 6.06. The van der Waals surface area contributed by atoms with Gasteiger partial charge in [0, 0.05) is 11.3 Å². The number of benzene rings is 2. The zero-order valence-electron chi connectivity index (χ0n) is 13.3. The Labute approximate surface area is 139 Å². The van der Waals surface area contributed by atoms with Crippen molar-refractivity contribution in [1.82, 2.24) is 0 Å². The fraction of sp³-hybridized carbons (Fsp3) is 0.222. The molecule has 6 heteroatoms. The highest BCUT2D eigenvalue weighted by Gasteiger charge is 2.16. The highest BCUT2D eigenvalue weighted by atomic mass is 16.5. The number of rotatable bonds is 4. The average Bonchev–Trinajstić information content (AvgIpc) is 2.76. The third-order valence-electron chi connectivity index (χ3n) is 3.53. The smallest absolute Gasteiger partial charge is 0.255 e. The minimum Gasteiger partial charge on any atom is -0.494 e. The van der Waals surface area contributed by atoms with Crippen LogP contribution in [0.5, 0.6) is 11.5 Å². The fourth-order valence-electron chi connectivity index (χ4n) is 2.37. The summed E-state index contributed by atoms with van der Waals surface area (Å²) in [6.45, 7) is 2.84. The molecule has 3 rings (SSSR count). The van der Waals surface area contributed by atoms with Crippen molar-refractivity contribution in [2.24, 2.45) is 0 Å². The van der Waals surface area contributed by atoms with Crippen LogP contribution in [0.1, 0.15) is 23.7 Å². The summed E-state index contributed by atoms with van der Waals surface area (Å²) in [4.78, 5) is 24.0. The number of fused-ring (bicyclic) bond motifs is 1. The molecule has 0 spiro atoms. The summed E-state index contributed by atoms with van der Waals surface area (Å²) in [5, 5.41) is 5.56. The first-order valence-electron chi connectivity index (χ1n) is 7.76. The van der Waals surface area contributed by atoms with Gasteiger partial charge < -0.3 is 20.1 Å². The minimum absolute atomic E-state index is 0.127. The number of carbonyl (C=O) groups excluding carboxylic acids is 2. The lowest BCUT2D eigenvalue weighted by atomic mass is 10.1. The van der Waals surface area contributed by atoms with Crippen molar-refractivity contribution in [2.45, 2.75) is 13.3 Å². The number of carbonyl (C=O) groups is 2. The molecular formula is C18H18N2O4. The third-order valence-corrected chi connectivity index (χ3v) is 3.53. The van der Waals surface area contributed by atoms with Crippen LogP contribution >= 0.6 is 0 Å². The number of amides is 2. The van der Waals surface area contributed by atoms with Gasteiger partial charge in [0.25, 0.3) is 5.91 Å². The predicted molar refractivity (Wildman–Crippen MR) is 90.7 cm³/mol. The first kappa shape index (κ1) is 15.9. The van der Waals surface area contributed by atoms with E-state index in [4.69, 9.17) is 9.47 Å². The summed E-state index contributed by atoms with van der Waals surface area (Å²) in [5.74, 6) is 0.928. The monoisotopic (exact) mass is 326 g/mol. The van der Waals surface area contributed by atoms with E-state index in [0.29, 0.717) is 42.3 Å². The zero-order chi connectivity index (χ0) is 16.9. The van der Waals surface area contributed by atoms with E-state index in [0.717, 1.165) is 5.75 Å². The van der Waals surface area contributed by atoms with E-state index >= 15 is 0 Å². The molecule has 0 radical (unpaired) electrons. The second-order valence-electron chi connectivity index (χ2n) is 5.27. The predicted octanol–water partition coefficient (Wildman–Crippen LogP) is 3.06. The largest absolute Gasteiger partial charge is 0.494 e. The van der Waals surface area contributed by atoms with E-state index < -0.39 is 0 Å². The van der Waals surface area contributed by atoms with Gasteiger partial charge in [0.1, 0.15) is 11.5 Å². The van der Waals surface area contributed by atoms with Crippen molar-refractivity contribution in [3.05, 3.63) is 48.0 Å². The molecule has 0 saturated heterocycles. The SMILES string of the molecule is CCOc1ccc(NC(=O)c2ccc3c(c2)NC(=O)CCO3)cc1. The van der Waals surface area contributed by atoms with E-state index in [1.165, 1.54) is 0 Å². The second-order valence-corrected chi connectivity index (χ2v) is 5.27. The molecule has 2 N–H and O–H groups in total. The first-order chi connectivity index (χ1) is 11.7. The number of hydrogen-bond donors (Lipinski definition) is 2. The van der Waals surface area contributed by atoms with Crippen LogP contribution in [-0.2, 0) is 4.79 Å². The molecule has 0 aliphatic carbocycles. The number of nitrogens with one attached hydrogen (secondary N) is 2. The van der Waals surface area contributed by atoms with Gasteiger partial charge in [-0.25, -0.2) is 0 Å². The molecule has 6 nitrogen and oxygen atoms in total. The topological polar surface area (TPSA) is 76.7 Å². The van der Waals surface area contributed by atoms with Gasteiger partial charge >= 0.3 is 0 Å². The van der Waals surface area contributed by atoms with Crippen LogP contribution in [-0.4, -0.2) is 25.0 Å². The minimum atomic E-state index is -0.263. The molecule has 0 saturated carbocycles. The van der Waals surface area contributed by atoms with Gasteiger partial charge in [-0.3, -0.25) is 9.59 Å². The molecule has 24 heavy (non-hydrogen) atoms. The molecule has 2 amide bonds. The van der Waals surface area contributed by atoms with Crippen molar-refractivity contribution in [2.75, 3.05) is 23.8 Å². The van der Waals surface area contributed by atoms with Gasteiger partial charge in [-0.1, -0.05) is 0 Å². The lowest BCUT2D eigenvalue weighted by molar-refractivity contribution is -0.116. The van der Waals surface area contributed by atoms with Gasteiger partial charge in [-0.15, -0.1) is 0 Å². The molecule has 2 aromatic carbocycles. The Morgan fingerprint density at radius 1 is 1.25 bits per heavy atom. The van der Waals surface area contributed by atoms with Crippen LogP contribution in [0, 0.1) is 0 Å². The molecule has 0 aromatic heterocycles. The van der Waals surface area contributed by atoms with E-state index in [2.05, 4.69) is 10.6 Å². The molecule has 1 heterocycles. The Morgan fingerprint density at radius 3 is 2.79 bits per heavy atom. The summed E-state index contributed by atoms with van der Waals surface area (Å²) < 4.78 is 10.8. The van der Waals surface area contributed by atoms with Crippen LogP contribution in [0.25, 0.3) is 0 Å². The number of ether oxygens (including phenoxy) is 2. The maximum atomic E-state index is 12.4. The molecule has 0 unspecified atom stereocenters. The van der Waals surface area contributed by atoms with Crippen molar-refractivity contribution in [1.29, 1.82) is 0 Å². The summed E-state index contributed by atoms with van der Waals surface area (Å²) in [5.41, 5.74) is 1.61. The fourth-order valence-corrected chi connectivity index (χ4v) is 2.37. The summed E-state index contributed by atoms with van der Waals surface area (Å²) in [6.07, 6.45) is 0.294. The van der Waals surface area contributed by atoms with Crippen LogP contribution in [0.3, 0.4) is 0 Å². The molecule has 1 aliphatic heterocycles. The van der Waals surface area contributed by atoms with Crippen LogP contribution in [0.15, 0.2) is 42.5 Å². The molecular weight excluding hydrogens is 308 g/mol. The van der Waals surface area contributed by atoms with Gasteiger partial charge in [0.05, 0.1) is 25.3 Å². The van der Waals surface area contributed by atoms with Crippen molar-refractivity contribution in [3.63, 3.8) is 0 Å². The quantitative estimate of drug-likeness (QED) is 0.905. The van der Waals surface area contributed by atoms with Gasteiger partial charge in [0.2, 0.25) is 5.91 Å². The Hall–Kier alpha value is -3.02. The van der Waals surface area contributed by atoms with Crippen LogP contribution < -0.4 is 20.1 Å². The standard InChI is InChI=1S/C18H18N2O4/c1-2-23-14-6-4-13(5-7-14)19-18(22)12-3-8-16-15(11-12)20-17(21)9-10-24-16/h3-8,11H,2,9-10H2,1H3,(H,19,22)(H,20,21). The Balaban J connectivity index is 1.74. The zero-order valence-corrected chi connectivity index (χ0v) is 13.3. The van der Waals surface area contributed by atoms with Crippen LogP contribution in [0.4, 0.5) is 11.4 Å². The number of hydrogen-bond acceptors (Lipinski definition) is 4. The maximum Gasteiger partial charge on any atom is 0.255 e. The van der Waals surface area contributed by atoms with E-state index in [1.54, 1.807) is 42.5 Å². The lowest BCUT2D eigenvalue weighted by Crippen LogP contribution is -2.13. The van der Waals surface area contributed by atoms with Gasteiger partial charge in [0.15, 0.2) is 0 Å². The Kier molecular flexibility index (Phi) is 4.65. The molecule has 1 aliphatic rings. The lowest BCUT2D eigenvalue weighted by Gasteiger charge is -2.10. The second kappa shape index (κ2) is 7.04.